The minimum Gasteiger partial charge on any atom is -0.412 e. The minimum atomic E-state index is -1.12. The fourth-order valence-corrected chi connectivity index (χ4v) is 4.51. The molecular weight excluding hydrogens is 598 g/mol. The summed E-state index contributed by atoms with van der Waals surface area (Å²) in [5.74, 6) is -2.29. The van der Waals surface area contributed by atoms with Gasteiger partial charge in [0.05, 0.1) is 21.9 Å². The molecule has 2 aliphatic rings. The van der Waals surface area contributed by atoms with E-state index in [-0.39, 0.29) is 25.0 Å². The van der Waals surface area contributed by atoms with E-state index < -0.39 is 46.5 Å². The number of carbonyl (C=O) groups excluding carboxylic acids is 6. The summed E-state index contributed by atoms with van der Waals surface area (Å²) in [5, 5.41) is 12.8. The van der Waals surface area contributed by atoms with Crippen molar-refractivity contribution in [3.63, 3.8) is 0 Å². The molecule has 0 saturated carbocycles. The number of hydrogen-bond donors (Lipinski definition) is 2. The van der Waals surface area contributed by atoms with Crippen molar-refractivity contribution in [2.75, 3.05) is 0 Å². The Morgan fingerprint density at radius 2 is 0.952 bits per heavy atom. The molecule has 13 nitrogen and oxygen atoms in total. The molecule has 42 heavy (non-hydrogen) atoms. The van der Waals surface area contributed by atoms with Gasteiger partial charge in [-0.2, -0.15) is 0 Å². The molecule has 2 fully saturated rings. The number of imide groups is 4. The molecule has 0 aliphatic carbocycles. The second-order valence-electron chi connectivity index (χ2n) is 9.15. The third-order valence-corrected chi connectivity index (χ3v) is 7.29. The van der Waals surface area contributed by atoms with Crippen molar-refractivity contribution in [2.45, 2.75) is 53.4 Å². The van der Waals surface area contributed by atoms with E-state index in [9.17, 15) is 28.8 Å². The van der Waals surface area contributed by atoms with Gasteiger partial charge in [-0.3, -0.25) is 38.7 Å². The van der Waals surface area contributed by atoms with E-state index in [0.717, 1.165) is 21.8 Å². The predicted octanol–water partition coefficient (Wildman–Crippen LogP) is 3.84. The van der Waals surface area contributed by atoms with Crippen LogP contribution in [0.15, 0.2) is 48.8 Å². The first-order valence-corrected chi connectivity index (χ1v) is 12.9. The number of rotatable bonds is 4. The smallest absolute Gasteiger partial charge is 0.412 e. The summed E-state index contributed by atoms with van der Waals surface area (Å²) in [6.07, 6.45) is 5.07. The average molecular weight is 630 g/mol. The summed E-state index contributed by atoms with van der Waals surface area (Å²) in [6.45, 7) is 6.91. The van der Waals surface area contributed by atoms with Crippen molar-refractivity contribution >= 4 is 57.5 Å². The molecule has 0 radical (unpaired) electrons. The second-order valence-corrected chi connectivity index (χ2v) is 9.15. The molecule has 2 aliphatic heterocycles. The maximum Gasteiger partial charge on any atom is 2.00 e. The molecule has 0 unspecified atom stereocenters. The molecule has 0 atom stereocenters. The van der Waals surface area contributed by atoms with Gasteiger partial charge in [0.1, 0.15) is 0 Å². The normalized spacial score (nSPS) is 16.6. The number of urea groups is 2. The zero-order valence-electron chi connectivity index (χ0n) is 23.9. The van der Waals surface area contributed by atoms with E-state index >= 15 is 0 Å². The predicted molar refractivity (Wildman–Crippen MR) is 150 cm³/mol. The zero-order valence-corrected chi connectivity index (χ0v) is 26.9. The van der Waals surface area contributed by atoms with Gasteiger partial charge in [-0.05, 0) is 37.8 Å². The van der Waals surface area contributed by atoms with Crippen LogP contribution >= 0.6 is 0 Å². The molecule has 8 amide bonds. The number of barbiturate groups is 2. The van der Waals surface area contributed by atoms with Gasteiger partial charge >= 0.3 is 19.5 Å². The summed E-state index contributed by atoms with van der Waals surface area (Å²) in [6, 6.07) is 10.4. The number of fused-ring (bicyclic) bond motifs is 3. The fraction of sp³-hybridized carbons (Fsp3) is 0.357. The standard InChI is InChI=1S/C12H8N2.2C8H12N2O3.H2O.Zn/c1-3-9-5-6-10-4-2-8-14-12(10)11(9)13-7-1;2*1-3-8(4-2)5(11)9-7(13)10-6(8)12;;/h1-8H;2*3-4H2,1-2H3,(H2,9,10,11,12,13);1H2;/q;;;;+2/p-2. The number of amides is 8. The summed E-state index contributed by atoms with van der Waals surface area (Å²) in [7, 11) is 0. The van der Waals surface area contributed by atoms with E-state index in [4.69, 9.17) is 0 Å². The van der Waals surface area contributed by atoms with Crippen LogP contribution in [0.4, 0.5) is 9.59 Å². The number of nitrogens with one attached hydrogen (secondary N) is 2. The number of pyridine rings is 2. The number of benzene rings is 1. The summed E-state index contributed by atoms with van der Waals surface area (Å²) >= 11 is 0. The van der Waals surface area contributed by atoms with E-state index in [2.05, 4.69) is 44.9 Å². The Kier molecular flexibility index (Phi) is 13.0. The SMILES string of the molecule is CCC1(CC)C(=O)[N-]C(=O)NC1=O.CCC1(CC)C(=O)[N-]C(=O)NC1=O.O.[Zn+2].c1cnc2c(c1)ccc1cccnc12. The maximum absolute atomic E-state index is 11.4. The van der Waals surface area contributed by atoms with Crippen LogP contribution in [0.3, 0.4) is 0 Å². The first-order valence-electron chi connectivity index (χ1n) is 12.9. The van der Waals surface area contributed by atoms with E-state index in [1.54, 1.807) is 40.1 Å². The largest absolute Gasteiger partial charge is 2.00 e. The third kappa shape index (κ3) is 7.00. The molecule has 218 valence electrons. The topological polar surface area (TPSA) is 212 Å². The van der Waals surface area contributed by atoms with E-state index in [1.807, 2.05) is 22.8 Å². The van der Waals surface area contributed by atoms with Crippen LogP contribution in [0, 0.1) is 10.8 Å². The van der Waals surface area contributed by atoms with Gasteiger partial charge in [0, 0.05) is 23.2 Å². The molecule has 0 bridgehead atoms. The molecule has 0 spiro atoms. The maximum atomic E-state index is 11.4. The molecular formula is C28H32N6O7Zn. The number of hydrogen-bond acceptors (Lipinski definition) is 8. The van der Waals surface area contributed by atoms with Crippen LogP contribution in [0.1, 0.15) is 53.4 Å². The molecule has 5 rings (SSSR count). The Morgan fingerprint density at radius 1 is 0.619 bits per heavy atom. The third-order valence-electron chi connectivity index (χ3n) is 7.29. The Labute approximate surface area is 255 Å². The van der Waals surface area contributed by atoms with E-state index in [1.165, 1.54) is 0 Å². The van der Waals surface area contributed by atoms with Gasteiger partial charge in [0.25, 0.3) is 0 Å². The Hall–Kier alpha value is -4.16. The summed E-state index contributed by atoms with van der Waals surface area (Å²) < 4.78 is 0. The number of carbonyl (C=O) groups is 6. The summed E-state index contributed by atoms with van der Waals surface area (Å²) in [4.78, 5) is 75.5. The molecule has 3 aromatic rings. The van der Waals surface area contributed by atoms with Crippen molar-refractivity contribution in [3.05, 3.63) is 59.4 Å². The first kappa shape index (κ1) is 35.9. The van der Waals surface area contributed by atoms with Crippen molar-refractivity contribution in [1.29, 1.82) is 0 Å². The van der Waals surface area contributed by atoms with Gasteiger partial charge in [-0.25, -0.2) is 0 Å². The second kappa shape index (κ2) is 15.2. The van der Waals surface area contributed by atoms with Gasteiger partial charge in [-0.1, -0.05) is 52.0 Å². The quantitative estimate of drug-likeness (QED) is 0.245. The zero-order chi connectivity index (χ0) is 29.5. The molecule has 2 aromatic heterocycles. The van der Waals surface area contributed by atoms with Gasteiger partial charge < -0.3 is 26.7 Å². The molecule has 4 N–H and O–H groups in total. The fourth-order valence-electron chi connectivity index (χ4n) is 4.51. The molecule has 14 heteroatoms. The number of nitrogens with zero attached hydrogens (tertiary/aromatic N) is 4. The molecule has 2 saturated heterocycles. The summed E-state index contributed by atoms with van der Waals surface area (Å²) in [5.41, 5.74) is -0.279. The number of aromatic nitrogens is 2. The monoisotopic (exact) mass is 628 g/mol. The Balaban J connectivity index is 0.000000308. The van der Waals surface area contributed by atoms with Crippen LogP contribution in [-0.4, -0.2) is 51.1 Å². The van der Waals surface area contributed by atoms with Crippen molar-refractivity contribution < 1.29 is 53.7 Å². The van der Waals surface area contributed by atoms with Crippen LogP contribution in [-0.2, 0) is 38.7 Å². The van der Waals surface area contributed by atoms with Gasteiger partial charge in [0.2, 0.25) is 0 Å². The van der Waals surface area contributed by atoms with Crippen LogP contribution < -0.4 is 10.6 Å². The van der Waals surface area contributed by atoms with E-state index in [0.29, 0.717) is 25.7 Å². The minimum absolute atomic E-state index is 0. The Bertz CT molecular complexity index is 1330. The van der Waals surface area contributed by atoms with Gasteiger partial charge in [0.15, 0.2) is 35.7 Å². The molecule has 1 aromatic carbocycles. The van der Waals surface area contributed by atoms with Crippen LogP contribution in [0.2, 0.25) is 0 Å². The van der Waals surface area contributed by atoms with Crippen LogP contribution in [0.25, 0.3) is 32.4 Å². The molecule has 4 heterocycles. The first-order chi connectivity index (χ1) is 19.1. The van der Waals surface area contributed by atoms with Gasteiger partial charge in [-0.15, -0.1) is 0 Å². The Morgan fingerprint density at radius 3 is 1.24 bits per heavy atom. The van der Waals surface area contributed by atoms with Crippen molar-refractivity contribution in [2.24, 2.45) is 10.8 Å². The average Bonchev–Trinajstić information content (AvgIpc) is 2.94. The van der Waals surface area contributed by atoms with Crippen molar-refractivity contribution in [1.82, 2.24) is 20.6 Å². The van der Waals surface area contributed by atoms with Crippen LogP contribution in [0.5, 0.6) is 0 Å². The van der Waals surface area contributed by atoms with Crippen molar-refractivity contribution in [3.8, 4) is 0 Å².